The van der Waals surface area contributed by atoms with Gasteiger partial charge in [-0.25, -0.2) is 4.79 Å². The molecule has 0 aromatic carbocycles. The summed E-state index contributed by atoms with van der Waals surface area (Å²) in [5.74, 6) is -0.288. The van der Waals surface area contributed by atoms with Gasteiger partial charge in [-0.15, -0.1) is 0 Å². The molecule has 1 aliphatic rings. The molecule has 5 nitrogen and oxygen atoms in total. The van der Waals surface area contributed by atoms with Crippen molar-refractivity contribution in [3.63, 3.8) is 0 Å². The molecule has 0 unspecified atom stereocenters. The third kappa shape index (κ3) is 4.65. The van der Waals surface area contributed by atoms with Crippen LogP contribution in [0.5, 0.6) is 0 Å². The molecule has 96 valence electrons. The van der Waals surface area contributed by atoms with E-state index >= 15 is 0 Å². The maximum Gasteiger partial charge on any atom is 0.434 e. The summed E-state index contributed by atoms with van der Waals surface area (Å²) in [4.78, 5) is 26.6. The van der Waals surface area contributed by atoms with Crippen molar-refractivity contribution in [1.82, 2.24) is 0 Å². The second-order valence-corrected chi connectivity index (χ2v) is 4.41. The smallest absolute Gasteiger partial charge is 0.434 e. The van der Waals surface area contributed by atoms with Crippen LogP contribution < -0.4 is 0 Å². The molecule has 0 aromatic heterocycles. The fourth-order valence-electron chi connectivity index (χ4n) is 1.57. The fourth-order valence-corrected chi connectivity index (χ4v) is 1.57. The molecule has 0 bridgehead atoms. The average Bonchev–Trinajstić information content (AvgIpc) is 2.28. The quantitative estimate of drug-likeness (QED) is 0.709. The topological polar surface area (TPSA) is 65.0 Å². The number of Topliss-reactive ketones (excluding diaryl/α,β-unsaturated/α-hetero) is 1. The van der Waals surface area contributed by atoms with Crippen molar-refractivity contribution in [3.8, 4) is 0 Å². The lowest BCUT2D eigenvalue weighted by Gasteiger charge is -2.21. The van der Waals surface area contributed by atoms with E-state index in [1.165, 1.54) is 6.92 Å². The van der Waals surface area contributed by atoms with Crippen LogP contribution in [-0.4, -0.2) is 36.9 Å². The van der Waals surface area contributed by atoms with Crippen molar-refractivity contribution in [2.45, 2.75) is 39.7 Å². The first-order valence-electron chi connectivity index (χ1n) is 5.88. The monoisotopic (exact) mass is 241 g/mol. The van der Waals surface area contributed by atoms with Crippen molar-refractivity contribution in [1.29, 1.82) is 0 Å². The van der Waals surface area contributed by atoms with Crippen LogP contribution in [-0.2, 0) is 14.3 Å². The Morgan fingerprint density at radius 3 is 2.41 bits per heavy atom. The Kier molecular flexibility index (Phi) is 5.28. The zero-order valence-corrected chi connectivity index (χ0v) is 10.6. The molecule has 0 radical (unpaired) electrons. The average molecular weight is 241 g/mol. The van der Waals surface area contributed by atoms with E-state index < -0.39 is 6.09 Å². The largest absolute Gasteiger partial charge is 0.444 e. The lowest BCUT2D eigenvalue weighted by atomic mass is 10.1. The highest BCUT2D eigenvalue weighted by molar-refractivity contribution is 6.40. The summed E-state index contributed by atoms with van der Waals surface area (Å²) in [6, 6.07) is 0. The molecule has 1 saturated heterocycles. The van der Waals surface area contributed by atoms with Crippen LogP contribution in [0.3, 0.4) is 0 Å². The molecule has 0 saturated carbocycles. The molecule has 0 spiro atoms. The van der Waals surface area contributed by atoms with Crippen LogP contribution in [0.1, 0.15) is 33.6 Å². The highest BCUT2D eigenvalue weighted by Gasteiger charge is 2.19. The molecule has 5 heteroatoms. The van der Waals surface area contributed by atoms with E-state index in [0.29, 0.717) is 26.1 Å². The van der Waals surface area contributed by atoms with E-state index in [0.717, 1.165) is 0 Å². The van der Waals surface area contributed by atoms with E-state index in [1.54, 1.807) is 13.8 Å². The number of ketones is 1. The van der Waals surface area contributed by atoms with Gasteiger partial charge in [0.25, 0.3) is 0 Å². The number of rotatable bonds is 3. The van der Waals surface area contributed by atoms with E-state index in [9.17, 15) is 9.59 Å². The predicted molar refractivity (Wildman–Crippen MR) is 63.3 cm³/mol. The molecular weight excluding hydrogens is 222 g/mol. The second-order valence-electron chi connectivity index (χ2n) is 4.41. The minimum Gasteiger partial charge on any atom is -0.444 e. The minimum atomic E-state index is -0.677. The molecule has 1 heterocycles. The summed E-state index contributed by atoms with van der Waals surface area (Å²) >= 11 is 0. The zero-order chi connectivity index (χ0) is 12.8. The Morgan fingerprint density at radius 2 is 1.88 bits per heavy atom. The number of hydrogen-bond donors (Lipinski definition) is 0. The van der Waals surface area contributed by atoms with Gasteiger partial charge in [0.15, 0.2) is 5.78 Å². The van der Waals surface area contributed by atoms with Crippen LogP contribution in [0, 0.1) is 5.92 Å². The van der Waals surface area contributed by atoms with Gasteiger partial charge in [-0.1, -0.05) is 13.8 Å². The van der Waals surface area contributed by atoms with Gasteiger partial charge < -0.3 is 9.47 Å². The third-order valence-electron chi connectivity index (χ3n) is 2.58. The standard InChI is InChI=1S/C12H19NO4/c1-8(2)11(14)9(3)13-12(15)17-10-4-6-16-7-5-10/h8,10H,4-7H2,1-3H3/b13-9+. The number of aliphatic imine (C=N–C) groups is 1. The predicted octanol–water partition coefficient (Wildman–Crippen LogP) is 1.99. The maximum atomic E-state index is 11.5. The van der Waals surface area contributed by atoms with Crippen molar-refractivity contribution >= 4 is 17.6 Å². The van der Waals surface area contributed by atoms with Gasteiger partial charge in [-0.2, -0.15) is 4.99 Å². The first kappa shape index (κ1) is 13.8. The third-order valence-corrected chi connectivity index (χ3v) is 2.58. The highest BCUT2D eigenvalue weighted by atomic mass is 16.6. The summed E-state index contributed by atoms with van der Waals surface area (Å²) in [6.45, 7) is 6.28. The van der Waals surface area contributed by atoms with Gasteiger partial charge in [0.2, 0.25) is 0 Å². The summed E-state index contributed by atoms with van der Waals surface area (Å²) < 4.78 is 10.3. The Labute approximate surface area is 101 Å². The van der Waals surface area contributed by atoms with Gasteiger partial charge in [-0.3, -0.25) is 4.79 Å². The van der Waals surface area contributed by atoms with E-state index in [-0.39, 0.29) is 23.5 Å². The molecule has 1 rings (SSSR count). The van der Waals surface area contributed by atoms with E-state index in [4.69, 9.17) is 9.47 Å². The molecule has 17 heavy (non-hydrogen) atoms. The van der Waals surface area contributed by atoms with Gasteiger partial charge in [0, 0.05) is 18.8 Å². The molecule has 0 N–H and O–H groups in total. The van der Waals surface area contributed by atoms with Crippen molar-refractivity contribution < 1.29 is 19.1 Å². The van der Waals surface area contributed by atoms with Crippen LogP contribution in [0.2, 0.25) is 0 Å². The highest BCUT2D eigenvalue weighted by Crippen LogP contribution is 2.11. The summed E-state index contributed by atoms with van der Waals surface area (Å²) in [6.07, 6.45) is 0.571. The Balaban J connectivity index is 2.47. The van der Waals surface area contributed by atoms with Crippen LogP contribution >= 0.6 is 0 Å². The molecule has 1 aliphatic heterocycles. The molecular formula is C12H19NO4. The normalized spacial score (nSPS) is 18.2. The van der Waals surface area contributed by atoms with Crippen LogP contribution in [0.25, 0.3) is 0 Å². The van der Waals surface area contributed by atoms with Crippen molar-refractivity contribution in [3.05, 3.63) is 0 Å². The molecule has 1 fully saturated rings. The summed E-state index contributed by atoms with van der Waals surface area (Å²) in [5, 5.41) is 0. The number of amides is 1. The number of ether oxygens (including phenoxy) is 2. The Bertz CT molecular complexity index is 316. The fraction of sp³-hybridized carbons (Fsp3) is 0.750. The summed E-state index contributed by atoms with van der Waals surface area (Å²) in [7, 11) is 0. The number of nitrogens with zero attached hydrogens (tertiary/aromatic N) is 1. The molecule has 0 aromatic rings. The molecule has 1 amide bonds. The zero-order valence-electron chi connectivity index (χ0n) is 10.6. The summed E-state index contributed by atoms with van der Waals surface area (Å²) in [5.41, 5.74) is 0.206. The van der Waals surface area contributed by atoms with E-state index in [2.05, 4.69) is 4.99 Å². The lowest BCUT2D eigenvalue weighted by molar-refractivity contribution is -0.115. The molecule has 0 atom stereocenters. The minimum absolute atomic E-state index is 0.131. The Morgan fingerprint density at radius 1 is 1.29 bits per heavy atom. The second kappa shape index (κ2) is 6.49. The Hall–Kier alpha value is -1.23. The molecule has 0 aliphatic carbocycles. The first-order chi connectivity index (χ1) is 8.00. The SMILES string of the molecule is C/C(=N\C(=O)OC1CCOCC1)C(=O)C(C)C. The van der Waals surface area contributed by atoms with Gasteiger partial charge >= 0.3 is 6.09 Å². The van der Waals surface area contributed by atoms with Crippen molar-refractivity contribution in [2.75, 3.05) is 13.2 Å². The van der Waals surface area contributed by atoms with Crippen LogP contribution in [0.15, 0.2) is 4.99 Å². The van der Waals surface area contributed by atoms with Crippen molar-refractivity contribution in [2.24, 2.45) is 10.9 Å². The van der Waals surface area contributed by atoms with Crippen LogP contribution in [0.4, 0.5) is 4.79 Å². The van der Waals surface area contributed by atoms with E-state index in [1.807, 2.05) is 0 Å². The number of hydrogen-bond acceptors (Lipinski definition) is 4. The number of carbonyl (C=O) groups is 2. The number of carbonyl (C=O) groups excluding carboxylic acids is 2. The van der Waals surface area contributed by atoms with Gasteiger partial charge in [0.1, 0.15) is 6.10 Å². The van der Waals surface area contributed by atoms with Gasteiger partial charge in [0.05, 0.1) is 18.9 Å². The first-order valence-corrected chi connectivity index (χ1v) is 5.88. The lowest BCUT2D eigenvalue weighted by Crippen LogP contribution is -2.26. The maximum absolute atomic E-state index is 11.5. The van der Waals surface area contributed by atoms with Gasteiger partial charge in [-0.05, 0) is 6.92 Å².